The van der Waals surface area contributed by atoms with E-state index in [2.05, 4.69) is 0 Å². The second-order valence-corrected chi connectivity index (χ2v) is 3.92. The van der Waals surface area contributed by atoms with E-state index in [1.54, 1.807) is 6.07 Å². The van der Waals surface area contributed by atoms with Gasteiger partial charge < -0.3 is 9.84 Å². The normalized spacial score (nSPS) is 18.1. The maximum absolute atomic E-state index is 11.5. The number of aryl methyl sites for hydroxylation is 1. The summed E-state index contributed by atoms with van der Waals surface area (Å²) < 4.78 is 5.13. The lowest BCUT2D eigenvalue weighted by atomic mass is 10.00. The number of carboxylic acids is 1. The van der Waals surface area contributed by atoms with Crippen LogP contribution in [0.5, 0.6) is 0 Å². The first-order valence-electron chi connectivity index (χ1n) is 5.11. The summed E-state index contributed by atoms with van der Waals surface area (Å²) in [6.45, 7) is 1.93. The fourth-order valence-corrected chi connectivity index (χ4v) is 1.86. The molecule has 1 aromatic carbocycles. The van der Waals surface area contributed by atoms with Crippen LogP contribution in [0.15, 0.2) is 18.2 Å². The predicted molar refractivity (Wildman–Crippen MR) is 56.2 cm³/mol. The Hall–Kier alpha value is -1.84. The Morgan fingerprint density at radius 2 is 2.25 bits per heavy atom. The maximum Gasteiger partial charge on any atom is 0.339 e. The van der Waals surface area contributed by atoms with Crippen LogP contribution in [0, 0.1) is 6.92 Å². The Morgan fingerprint density at radius 1 is 1.50 bits per heavy atom. The molecule has 0 spiro atoms. The van der Waals surface area contributed by atoms with E-state index in [9.17, 15) is 9.59 Å². The van der Waals surface area contributed by atoms with Crippen molar-refractivity contribution in [2.45, 2.75) is 25.9 Å². The molecule has 1 aliphatic rings. The van der Waals surface area contributed by atoms with Crippen molar-refractivity contribution in [3.63, 3.8) is 0 Å². The van der Waals surface area contributed by atoms with Gasteiger partial charge in [-0.25, -0.2) is 4.79 Å². The van der Waals surface area contributed by atoms with Gasteiger partial charge in [0.25, 0.3) is 0 Å². The summed E-state index contributed by atoms with van der Waals surface area (Å²) in [4.78, 5) is 21.9. The highest BCUT2D eigenvalue weighted by Crippen LogP contribution is 2.34. The van der Waals surface area contributed by atoms with Crippen molar-refractivity contribution in [2.75, 3.05) is 0 Å². The monoisotopic (exact) mass is 220 g/mol. The number of benzene rings is 1. The lowest BCUT2D eigenvalue weighted by Crippen LogP contribution is -2.03. The van der Waals surface area contributed by atoms with Crippen molar-refractivity contribution >= 4 is 11.9 Å². The third-order valence-electron chi connectivity index (χ3n) is 2.64. The predicted octanol–water partition coefficient (Wildman–Crippen LogP) is 2.07. The highest BCUT2D eigenvalue weighted by Gasteiger charge is 2.30. The summed E-state index contributed by atoms with van der Waals surface area (Å²) in [5.41, 5.74) is 2.41. The number of hydrogen-bond acceptors (Lipinski definition) is 3. The van der Waals surface area contributed by atoms with Gasteiger partial charge >= 0.3 is 11.9 Å². The maximum atomic E-state index is 11.5. The van der Waals surface area contributed by atoms with Crippen molar-refractivity contribution in [1.82, 2.24) is 0 Å². The molecule has 84 valence electrons. The first kappa shape index (κ1) is 10.7. The van der Waals surface area contributed by atoms with E-state index in [0.717, 1.165) is 11.1 Å². The van der Waals surface area contributed by atoms with Gasteiger partial charge in [0.2, 0.25) is 0 Å². The summed E-state index contributed by atoms with van der Waals surface area (Å²) in [6.07, 6.45) is -0.0680. The fraction of sp³-hybridized carbons (Fsp3) is 0.333. The van der Waals surface area contributed by atoms with Gasteiger partial charge in [0, 0.05) is 12.0 Å². The average molecular weight is 220 g/mol. The van der Waals surface area contributed by atoms with Crippen LogP contribution in [-0.2, 0) is 9.53 Å². The van der Waals surface area contributed by atoms with E-state index in [1.807, 2.05) is 19.1 Å². The van der Waals surface area contributed by atoms with Crippen molar-refractivity contribution in [3.05, 3.63) is 34.9 Å². The Labute approximate surface area is 92.8 Å². The van der Waals surface area contributed by atoms with E-state index in [4.69, 9.17) is 9.84 Å². The summed E-state index contributed by atoms with van der Waals surface area (Å²) >= 11 is 0. The molecule has 0 aromatic heterocycles. The molecule has 4 nitrogen and oxygen atoms in total. The highest BCUT2D eigenvalue weighted by atomic mass is 16.5. The van der Waals surface area contributed by atoms with Crippen LogP contribution in [0.25, 0.3) is 0 Å². The van der Waals surface area contributed by atoms with Gasteiger partial charge in [-0.3, -0.25) is 4.79 Å². The number of rotatable bonds is 3. The average Bonchev–Trinajstić information content (AvgIpc) is 2.52. The molecule has 4 heteroatoms. The summed E-state index contributed by atoms with van der Waals surface area (Å²) in [5.74, 6) is -1.23. The van der Waals surface area contributed by atoms with Crippen molar-refractivity contribution < 1.29 is 19.4 Å². The Kier molecular flexibility index (Phi) is 2.64. The van der Waals surface area contributed by atoms with Crippen LogP contribution in [0.3, 0.4) is 0 Å². The Morgan fingerprint density at radius 3 is 2.94 bits per heavy atom. The van der Waals surface area contributed by atoms with E-state index in [0.29, 0.717) is 12.0 Å². The van der Waals surface area contributed by atoms with Gasteiger partial charge in [0.1, 0.15) is 6.10 Å². The Bertz CT molecular complexity index is 450. The van der Waals surface area contributed by atoms with Crippen molar-refractivity contribution in [1.29, 1.82) is 0 Å². The zero-order valence-corrected chi connectivity index (χ0v) is 8.90. The third kappa shape index (κ3) is 1.91. The van der Waals surface area contributed by atoms with Crippen LogP contribution in [0.2, 0.25) is 0 Å². The number of ether oxygens (including phenoxy) is 1. The molecule has 1 aliphatic heterocycles. The molecular weight excluding hydrogens is 208 g/mol. The van der Waals surface area contributed by atoms with Crippen LogP contribution < -0.4 is 0 Å². The molecule has 1 unspecified atom stereocenters. The fourth-order valence-electron chi connectivity index (χ4n) is 1.86. The first-order chi connectivity index (χ1) is 7.58. The molecule has 0 aliphatic carbocycles. The van der Waals surface area contributed by atoms with E-state index in [1.165, 1.54) is 0 Å². The van der Waals surface area contributed by atoms with Crippen molar-refractivity contribution in [2.24, 2.45) is 0 Å². The van der Waals surface area contributed by atoms with Crippen molar-refractivity contribution in [3.8, 4) is 0 Å². The molecule has 0 radical (unpaired) electrons. The highest BCUT2D eigenvalue weighted by molar-refractivity contribution is 5.94. The van der Waals surface area contributed by atoms with Gasteiger partial charge in [0.15, 0.2) is 0 Å². The number of fused-ring (bicyclic) bond motifs is 1. The Balaban J connectivity index is 2.24. The number of carbonyl (C=O) groups excluding carboxylic acids is 1. The lowest BCUT2D eigenvalue weighted by Gasteiger charge is -2.08. The minimum Gasteiger partial charge on any atom is -0.481 e. The second kappa shape index (κ2) is 3.96. The SMILES string of the molecule is Cc1ccc2c(c1)C(CCC(=O)O)OC2=O. The summed E-state index contributed by atoms with van der Waals surface area (Å²) in [7, 11) is 0. The molecule has 0 saturated carbocycles. The molecule has 1 N–H and O–H groups in total. The van der Waals surface area contributed by atoms with E-state index >= 15 is 0 Å². The van der Waals surface area contributed by atoms with Gasteiger partial charge in [-0.2, -0.15) is 0 Å². The number of cyclic esters (lactones) is 1. The minimum atomic E-state index is -0.878. The molecule has 1 atom stereocenters. The molecular formula is C12H12O4. The third-order valence-corrected chi connectivity index (χ3v) is 2.64. The smallest absolute Gasteiger partial charge is 0.339 e. The molecule has 0 bridgehead atoms. The van der Waals surface area contributed by atoms with Gasteiger partial charge in [-0.15, -0.1) is 0 Å². The molecule has 0 amide bonds. The first-order valence-corrected chi connectivity index (χ1v) is 5.11. The van der Waals surface area contributed by atoms with Gasteiger partial charge in [-0.1, -0.05) is 17.7 Å². The molecule has 0 saturated heterocycles. The van der Waals surface area contributed by atoms with Crippen LogP contribution in [0.1, 0.15) is 40.4 Å². The molecule has 1 heterocycles. The van der Waals surface area contributed by atoms with Crippen LogP contribution >= 0.6 is 0 Å². The van der Waals surface area contributed by atoms with Gasteiger partial charge in [-0.05, 0) is 19.4 Å². The molecule has 1 aromatic rings. The zero-order chi connectivity index (χ0) is 11.7. The van der Waals surface area contributed by atoms with E-state index < -0.39 is 12.1 Å². The molecule has 2 rings (SSSR count). The lowest BCUT2D eigenvalue weighted by molar-refractivity contribution is -0.137. The zero-order valence-electron chi connectivity index (χ0n) is 8.90. The van der Waals surface area contributed by atoms with Crippen LogP contribution in [-0.4, -0.2) is 17.0 Å². The quantitative estimate of drug-likeness (QED) is 0.792. The van der Waals surface area contributed by atoms with E-state index in [-0.39, 0.29) is 12.4 Å². The standard InChI is InChI=1S/C12H12O4/c1-7-2-3-8-9(6-7)10(16-12(8)15)4-5-11(13)14/h2-3,6,10H,4-5H2,1H3,(H,13,14). The number of esters is 1. The molecule has 0 fully saturated rings. The molecule has 16 heavy (non-hydrogen) atoms. The summed E-state index contributed by atoms with van der Waals surface area (Å²) in [5, 5.41) is 8.60. The number of hydrogen-bond donors (Lipinski definition) is 1. The second-order valence-electron chi connectivity index (χ2n) is 3.92. The number of carboxylic acid groups (broad SMARTS) is 1. The number of carbonyl (C=O) groups is 2. The topological polar surface area (TPSA) is 63.6 Å². The summed E-state index contributed by atoms with van der Waals surface area (Å²) in [6, 6.07) is 5.46. The van der Waals surface area contributed by atoms with Gasteiger partial charge in [0.05, 0.1) is 5.56 Å². The van der Waals surface area contributed by atoms with Crippen LogP contribution in [0.4, 0.5) is 0 Å². The minimum absolute atomic E-state index is 0.00529. The largest absolute Gasteiger partial charge is 0.481 e. The number of aliphatic carboxylic acids is 1.